The van der Waals surface area contributed by atoms with Crippen LogP contribution in [0.4, 0.5) is 11.4 Å². The van der Waals surface area contributed by atoms with Crippen LogP contribution in [-0.2, 0) is 4.79 Å². The van der Waals surface area contributed by atoms with Crippen molar-refractivity contribution < 1.29 is 23.8 Å². The van der Waals surface area contributed by atoms with Crippen molar-refractivity contribution in [1.82, 2.24) is 0 Å². The molecule has 3 aromatic carbocycles. The average Bonchev–Trinajstić information content (AvgIpc) is 2.79. The van der Waals surface area contributed by atoms with E-state index in [1.54, 1.807) is 48.5 Å². The molecule has 0 radical (unpaired) electrons. The summed E-state index contributed by atoms with van der Waals surface area (Å²) in [6.07, 6.45) is 0. The van der Waals surface area contributed by atoms with Gasteiger partial charge in [0.25, 0.3) is 11.8 Å². The maximum atomic E-state index is 12.6. The van der Waals surface area contributed by atoms with Crippen molar-refractivity contribution in [2.45, 2.75) is 0 Å². The second-order valence-corrected chi connectivity index (χ2v) is 7.04. The Hall–Kier alpha value is -3.71. The van der Waals surface area contributed by atoms with E-state index in [0.717, 1.165) is 0 Å². The SMILES string of the molecule is O=C(COc1ccccc1C(=O)Nc1ccccc1)Nc1cc2c(cc1Cl)OCCO2. The van der Waals surface area contributed by atoms with Crippen molar-refractivity contribution in [2.24, 2.45) is 0 Å². The number of nitrogens with one attached hydrogen (secondary N) is 2. The molecule has 0 fully saturated rings. The number of ether oxygens (including phenoxy) is 3. The smallest absolute Gasteiger partial charge is 0.262 e. The third kappa shape index (κ3) is 5.07. The standard InChI is InChI=1S/C23H19ClN2O5/c24-17-12-20-21(30-11-10-29-20)13-18(17)26-22(27)14-31-19-9-5-4-8-16(19)23(28)25-15-6-2-1-3-7-15/h1-9,12-13H,10-11,14H2,(H,25,28)(H,26,27). The lowest BCUT2D eigenvalue weighted by atomic mass is 10.2. The quantitative estimate of drug-likeness (QED) is 0.596. The third-order valence-electron chi connectivity index (χ3n) is 4.43. The van der Waals surface area contributed by atoms with Gasteiger partial charge in [-0.05, 0) is 24.3 Å². The Morgan fingerprint density at radius 2 is 1.58 bits per heavy atom. The Balaban J connectivity index is 1.40. The Labute approximate surface area is 183 Å². The van der Waals surface area contributed by atoms with Crippen molar-refractivity contribution in [3.05, 3.63) is 77.3 Å². The number of hydrogen-bond acceptors (Lipinski definition) is 5. The fourth-order valence-electron chi connectivity index (χ4n) is 2.99. The van der Waals surface area contributed by atoms with Gasteiger partial charge >= 0.3 is 0 Å². The number of para-hydroxylation sites is 2. The minimum absolute atomic E-state index is 0.291. The Bertz CT molecular complexity index is 1100. The molecule has 2 N–H and O–H groups in total. The fraction of sp³-hybridized carbons (Fsp3) is 0.130. The summed E-state index contributed by atoms with van der Waals surface area (Å²) < 4.78 is 16.6. The first-order valence-electron chi connectivity index (χ1n) is 9.57. The second-order valence-electron chi connectivity index (χ2n) is 6.63. The molecule has 158 valence electrons. The molecule has 0 atom stereocenters. The van der Waals surface area contributed by atoms with E-state index >= 15 is 0 Å². The van der Waals surface area contributed by atoms with Crippen LogP contribution in [0.25, 0.3) is 0 Å². The van der Waals surface area contributed by atoms with Gasteiger partial charge in [0, 0.05) is 17.8 Å². The van der Waals surface area contributed by atoms with Crippen molar-refractivity contribution in [3.63, 3.8) is 0 Å². The first-order chi connectivity index (χ1) is 15.1. The Morgan fingerprint density at radius 1 is 0.903 bits per heavy atom. The highest BCUT2D eigenvalue weighted by atomic mass is 35.5. The zero-order valence-electron chi connectivity index (χ0n) is 16.4. The summed E-state index contributed by atoms with van der Waals surface area (Å²) in [5.74, 6) is 0.562. The third-order valence-corrected chi connectivity index (χ3v) is 4.74. The number of carbonyl (C=O) groups excluding carboxylic acids is 2. The molecule has 0 spiro atoms. The van der Waals surface area contributed by atoms with E-state index in [4.69, 9.17) is 25.8 Å². The molecule has 1 aliphatic rings. The van der Waals surface area contributed by atoms with Gasteiger partial charge < -0.3 is 24.8 Å². The highest BCUT2D eigenvalue weighted by Gasteiger charge is 2.17. The molecular weight excluding hydrogens is 420 g/mol. The minimum atomic E-state index is -0.433. The maximum absolute atomic E-state index is 12.6. The van der Waals surface area contributed by atoms with Gasteiger partial charge in [-0.15, -0.1) is 0 Å². The summed E-state index contributed by atoms with van der Waals surface area (Å²) in [7, 11) is 0. The van der Waals surface area contributed by atoms with E-state index < -0.39 is 5.91 Å². The maximum Gasteiger partial charge on any atom is 0.262 e. The number of fused-ring (bicyclic) bond motifs is 1. The first kappa shape index (κ1) is 20.6. The Morgan fingerprint density at radius 3 is 2.35 bits per heavy atom. The molecule has 4 rings (SSSR count). The number of benzene rings is 3. The molecule has 0 unspecified atom stereocenters. The van der Waals surface area contributed by atoms with Crippen LogP contribution < -0.4 is 24.8 Å². The molecule has 0 saturated heterocycles. The van der Waals surface area contributed by atoms with E-state index in [9.17, 15) is 9.59 Å². The van der Waals surface area contributed by atoms with Gasteiger partial charge in [-0.3, -0.25) is 9.59 Å². The monoisotopic (exact) mass is 438 g/mol. The molecule has 0 saturated carbocycles. The summed E-state index contributed by atoms with van der Waals surface area (Å²) in [5, 5.41) is 5.81. The van der Waals surface area contributed by atoms with Gasteiger partial charge in [-0.25, -0.2) is 0 Å². The van der Waals surface area contributed by atoms with Crippen LogP contribution in [0.15, 0.2) is 66.7 Å². The van der Waals surface area contributed by atoms with Gasteiger partial charge in [0.05, 0.1) is 16.3 Å². The minimum Gasteiger partial charge on any atom is -0.486 e. The fourth-order valence-corrected chi connectivity index (χ4v) is 3.19. The molecule has 2 amide bonds. The van der Waals surface area contributed by atoms with Crippen LogP contribution in [0.5, 0.6) is 17.2 Å². The molecule has 8 heteroatoms. The summed E-state index contributed by atoms with van der Waals surface area (Å²) in [5.41, 5.74) is 1.36. The molecule has 7 nitrogen and oxygen atoms in total. The second kappa shape index (κ2) is 9.40. The number of hydrogen-bond donors (Lipinski definition) is 2. The summed E-state index contributed by atoms with van der Waals surface area (Å²) in [4.78, 5) is 25.0. The van der Waals surface area contributed by atoms with E-state index in [2.05, 4.69) is 10.6 Å². The zero-order valence-corrected chi connectivity index (χ0v) is 17.1. The van der Waals surface area contributed by atoms with Crippen molar-refractivity contribution in [1.29, 1.82) is 0 Å². The Kier molecular flexibility index (Phi) is 6.24. The predicted octanol–water partition coefficient (Wildman–Crippen LogP) is 4.38. The van der Waals surface area contributed by atoms with E-state index in [0.29, 0.717) is 52.4 Å². The van der Waals surface area contributed by atoms with E-state index in [1.807, 2.05) is 18.2 Å². The van der Waals surface area contributed by atoms with E-state index in [1.165, 1.54) is 0 Å². The van der Waals surface area contributed by atoms with Gasteiger partial charge in [0.15, 0.2) is 18.1 Å². The van der Waals surface area contributed by atoms with Crippen LogP contribution in [0, 0.1) is 0 Å². The molecule has 31 heavy (non-hydrogen) atoms. The molecule has 0 aromatic heterocycles. The van der Waals surface area contributed by atoms with E-state index in [-0.39, 0.29) is 12.5 Å². The van der Waals surface area contributed by atoms with Crippen LogP contribution in [0.2, 0.25) is 5.02 Å². The normalized spacial score (nSPS) is 12.0. The summed E-state index contributed by atoms with van der Waals surface area (Å²) in [6.45, 7) is 0.563. The van der Waals surface area contributed by atoms with Crippen LogP contribution in [0.1, 0.15) is 10.4 Å². The number of anilines is 2. The lowest BCUT2D eigenvalue weighted by Gasteiger charge is -2.20. The number of amides is 2. The van der Waals surface area contributed by atoms with Crippen LogP contribution in [-0.4, -0.2) is 31.6 Å². The molecule has 0 bridgehead atoms. The van der Waals surface area contributed by atoms with Gasteiger partial charge in [0.1, 0.15) is 19.0 Å². The predicted molar refractivity (Wildman–Crippen MR) is 117 cm³/mol. The topological polar surface area (TPSA) is 85.9 Å². The van der Waals surface area contributed by atoms with Crippen molar-refractivity contribution >= 4 is 34.8 Å². The van der Waals surface area contributed by atoms with Gasteiger partial charge in [-0.2, -0.15) is 0 Å². The number of halogens is 1. The molecule has 0 aliphatic carbocycles. The lowest BCUT2D eigenvalue weighted by molar-refractivity contribution is -0.118. The average molecular weight is 439 g/mol. The lowest BCUT2D eigenvalue weighted by Crippen LogP contribution is -2.22. The van der Waals surface area contributed by atoms with Crippen molar-refractivity contribution in [3.8, 4) is 17.2 Å². The summed E-state index contributed by atoms with van der Waals surface area (Å²) in [6, 6.07) is 19.0. The largest absolute Gasteiger partial charge is 0.486 e. The highest BCUT2D eigenvalue weighted by molar-refractivity contribution is 6.34. The zero-order chi connectivity index (χ0) is 21.6. The molecule has 3 aromatic rings. The number of carbonyl (C=O) groups is 2. The molecule has 1 aliphatic heterocycles. The summed E-state index contributed by atoms with van der Waals surface area (Å²) >= 11 is 6.22. The molecular formula is C23H19ClN2O5. The van der Waals surface area contributed by atoms with Gasteiger partial charge in [0.2, 0.25) is 0 Å². The highest BCUT2D eigenvalue weighted by Crippen LogP contribution is 2.37. The number of rotatable bonds is 6. The van der Waals surface area contributed by atoms with Crippen LogP contribution in [0.3, 0.4) is 0 Å². The molecule has 1 heterocycles. The van der Waals surface area contributed by atoms with Crippen LogP contribution >= 0.6 is 11.6 Å². The van der Waals surface area contributed by atoms with Crippen molar-refractivity contribution in [2.75, 3.05) is 30.5 Å². The first-order valence-corrected chi connectivity index (χ1v) is 9.95. The van der Waals surface area contributed by atoms with Gasteiger partial charge in [-0.1, -0.05) is 41.9 Å².